The average Bonchev–Trinajstić information content (AvgIpc) is 2.08. The van der Waals surface area contributed by atoms with Crippen LogP contribution < -0.4 is 0 Å². The molecule has 1 aromatic carbocycles. The lowest BCUT2D eigenvalue weighted by Gasteiger charge is -2.23. The van der Waals surface area contributed by atoms with E-state index in [2.05, 4.69) is 31.9 Å². The summed E-state index contributed by atoms with van der Waals surface area (Å²) in [7, 11) is 0. The van der Waals surface area contributed by atoms with Gasteiger partial charge in [-0.3, -0.25) is 4.21 Å². The number of hydrogen-bond acceptors (Lipinski definition) is 2. The summed E-state index contributed by atoms with van der Waals surface area (Å²) < 4.78 is 20.5. The van der Waals surface area contributed by atoms with E-state index in [1.54, 1.807) is 0 Å². The molecule has 0 fully saturated rings. The van der Waals surface area contributed by atoms with Crippen LogP contribution in [0.5, 0.6) is 0 Å². The lowest BCUT2D eigenvalue weighted by atomic mass is 10.1. The normalized spacial score (nSPS) is 14.0. The Morgan fingerprint density at radius 1 is 1.36 bits per heavy atom. The molecule has 0 bridgehead atoms. The first kappa shape index (κ1) is 12.4. The number of benzene rings is 1. The Balaban J connectivity index is 2.79. The molecule has 2 nitrogen and oxygen atoms in total. The smallest absolute Gasteiger partial charge is 0.145 e. The highest BCUT2D eigenvalue weighted by molar-refractivity contribution is 9.27. The molecule has 1 aromatic rings. The second-order valence-corrected chi connectivity index (χ2v) is 9.02. The minimum atomic E-state index is -2.20. The summed E-state index contributed by atoms with van der Waals surface area (Å²) in [6.07, 6.45) is 0.392. The minimum Gasteiger partial charge on any atom is -0.771 e. The highest BCUT2D eigenvalue weighted by atomic mass is 79.9. The number of halogens is 2. The third kappa shape index (κ3) is 3.46. The highest BCUT2D eigenvalue weighted by Gasteiger charge is 2.24. The van der Waals surface area contributed by atoms with E-state index in [1.165, 1.54) is 0 Å². The molecule has 0 aromatic heterocycles. The molecular formula is C9H9Br2O2S-. The van der Waals surface area contributed by atoms with Gasteiger partial charge in [-0.1, -0.05) is 61.7 Å². The van der Waals surface area contributed by atoms with Crippen LogP contribution in [0.25, 0.3) is 0 Å². The molecule has 0 aliphatic rings. The molecular weight excluding hydrogens is 332 g/mol. The van der Waals surface area contributed by atoms with Crippen molar-refractivity contribution in [3.8, 4) is 0 Å². The first-order valence-corrected chi connectivity index (χ1v) is 6.60. The molecule has 0 saturated carbocycles. The van der Waals surface area contributed by atoms with E-state index in [0.29, 0.717) is 6.42 Å². The summed E-state index contributed by atoms with van der Waals surface area (Å²) in [6, 6.07) is 7.75. The maximum Gasteiger partial charge on any atom is 0.145 e. The molecule has 0 heterocycles. The number of rotatable bonds is 3. The summed E-state index contributed by atoms with van der Waals surface area (Å²) in [4.78, 5) is 0. The average molecular weight is 341 g/mol. The van der Waals surface area contributed by atoms with Gasteiger partial charge in [0.1, 0.15) is 2.57 Å². The maximum atomic E-state index is 10.8. The number of alkyl halides is 2. The molecule has 1 unspecified atom stereocenters. The van der Waals surface area contributed by atoms with Gasteiger partial charge in [0.25, 0.3) is 0 Å². The molecule has 0 N–H and O–H groups in total. The predicted octanol–water partition coefficient (Wildman–Crippen LogP) is 2.86. The molecule has 0 saturated heterocycles. The van der Waals surface area contributed by atoms with E-state index in [4.69, 9.17) is 0 Å². The zero-order chi connectivity index (χ0) is 10.8. The van der Waals surface area contributed by atoms with Crippen molar-refractivity contribution in [2.45, 2.75) is 15.9 Å². The largest absolute Gasteiger partial charge is 0.771 e. The standard InChI is InChI=1S/C9H10Br2O2S/c1-7-2-4-8(5-3-7)6-9(10,11)14(12)13/h2-5H,6H2,1H3,(H,12,13)/p-1. The molecule has 1 atom stereocenters. The fourth-order valence-electron chi connectivity index (χ4n) is 1.00. The van der Waals surface area contributed by atoms with Gasteiger partial charge in [0.05, 0.1) is 0 Å². The van der Waals surface area contributed by atoms with Crippen LogP contribution in [0.1, 0.15) is 11.1 Å². The lowest BCUT2D eigenvalue weighted by molar-refractivity contribution is 0.532. The van der Waals surface area contributed by atoms with Crippen molar-refractivity contribution >= 4 is 42.9 Å². The molecule has 14 heavy (non-hydrogen) atoms. The van der Waals surface area contributed by atoms with Crippen LogP contribution in [0.3, 0.4) is 0 Å². The third-order valence-corrected chi connectivity index (χ3v) is 4.55. The Morgan fingerprint density at radius 2 is 1.86 bits per heavy atom. The van der Waals surface area contributed by atoms with Gasteiger partial charge in [-0.25, -0.2) is 0 Å². The topological polar surface area (TPSA) is 40.1 Å². The molecule has 0 amide bonds. The van der Waals surface area contributed by atoms with Crippen molar-refractivity contribution < 1.29 is 8.76 Å². The SMILES string of the molecule is Cc1ccc(CC(Br)(Br)S(=O)[O-])cc1. The van der Waals surface area contributed by atoms with Crippen molar-refractivity contribution in [1.82, 2.24) is 0 Å². The molecule has 78 valence electrons. The molecule has 5 heteroatoms. The van der Waals surface area contributed by atoms with Gasteiger partial charge in [0.2, 0.25) is 0 Å². The summed E-state index contributed by atoms with van der Waals surface area (Å²) in [5, 5.41) is 0. The van der Waals surface area contributed by atoms with Gasteiger partial charge in [-0.15, -0.1) is 0 Å². The van der Waals surface area contributed by atoms with Gasteiger partial charge in [-0.05, 0) is 23.6 Å². The number of aryl methyl sites for hydroxylation is 1. The monoisotopic (exact) mass is 339 g/mol. The van der Waals surface area contributed by atoms with E-state index < -0.39 is 13.6 Å². The van der Waals surface area contributed by atoms with Crippen LogP contribution in [-0.2, 0) is 17.5 Å². The van der Waals surface area contributed by atoms with Crippen molar-refractivity contribution in [3.63, 3.8) is 0 Å². The van der Waals surface area contributed by atoms with Crippen molar-refractivity contribution in [2.24, 2.45) is 0 Å². The van der Waals surface area contributed by atoms with E-state index in [9.17, 15) is 8.76 Å². The second-order valence-electron chi connectivity index (χ2n) is 3.03. The van der Waals surface area contributed by atoms with E-state index in [0.717, 1.165) is 11.1 Å². The van der Waals surface area contributed by atoms with E-state index in [-0.39, 0.29) is 0 Å². The summed E-state index contributed by atoms with van der Waals surface area (Å²) in [6.45, 7) is 1.99. The Hall–Kier alpha value is 0.290. The van der Waals surface area contributed by atoms with Gasteiger partial charge in [-0.2, -0.15) is 0 Å². The number of hydrogen-bond donors (Lipinski definition) is 0. The summed E-state index contributed by atoms with van der Waals surface area (Å²) in [5.74, 6) is 0. The van der Waals surface area contributed by atoms with E-state index >= 15 is 0 Å². The van der Waals surface area contributed by atoms with Crippen LogP contribution >= 0.6 is 31.9 Å². The van der Waals surface area contributed by atoms with Gasteiger partial charge >= 0.3 is 0 Å². The Bertz CT molecular complexity index is 335. The zero-order valence-electron chi connectivity index (χ0n) is 7.50. The van der Waals surface area contributed by atoms with Crippen molar-refractivity contribution in [1.29, 1.82) is 0 Å². The van der Waals surface area contributed by atoms with Gasteiger partial charge in [0, 0.05) is 6.42 Å². The first-order valence-electron chi connectivity index (χ1n) is 3.94. The lowest BCUT2D eigenvalue weighted by Crippen LogP contribution is -2.21. The highest BCUT2D eigenvalue weighted by Crippen LogP contribution is 2.33. The van der Waals surface area contributed by atoms with Crippen LogP contribution in [0.4, 0.5) is 0 Å². The predicted molar refractivity (Wildman–Crippen MR) is 64.4 cm³/mol. The maximum absolute atomic E-state index is 10.8. The second kappa shape index (κ2) is 4.88. The Labute approximate surface area is 103 Å². The Kier molecular flexibility index (Phi) is 4.30. The summed E-state index contributed by atoms with van der Waals surface area (Å²) >= 11 is 4.01. The van der Waals surface area contributed by atoms with Gasteiger partial charge < -0.3 is 4.55 Å². The fourth-order valence-corrected chi connectivity index (χ4v) is 1.93. The van der Waals surface area contributed by atoms with Crippen molar-refractivity contribution in [3.05, 3.63) is 35.4 Å². The zero-order valence-corrected chi connectivity index (χ0v) is 11.5. The third-order valence-electron chi connectivity index (χ3n) is 1.77. The summed E-state index contributed by atoms with van der Waals surface area (Å²) in [5.41, 5.74) is 2.13. The van der Waals surface area contributed by atoms with Crippen LogP contribution in [0.15, 0.2) is 24.3 Å². The molecule has 0 radical (unpaired) electrons. The first-order chi connectivity index (χ1) is 6.42. The van der Waals surface area contributed by atoms with Crippen LogP contribution in [0.2, 0.25) is 0 Å². The van der Waals surface area contributed by atoms with Gasteiger partial charge in [0.15, 0.2) is 0 Å². The van der Waals surface area contributed by atoms with Crippen molar-refractivity contribution in [2.75, 3.05) is 0 Å². The minimum absolute atomic E-state index is 0.392. The molecule has 0 spiro atoms. The quantitative estimate of drug-likeness (QED) is 0.627. The molecule has 1 rings (SSSR count). The van der Waals surface area contributed by atoms with E-state index in [1.807, 2.05) is 31.2 Å². The molecule has 0 aliphatic heterocycles. The van der Waals surface area contributed by atoms with Crippen LogP contribution in [0, 0.1) is 6.92 Å². The van der Waals surface area contributed by atoms with Crippen LogP contribution in [-0.4, -0.2) is 11.3 Å². The Morgan fingerprint density at radius 3 is 2.29 bits per heavy atom. The molecule has 0 aliphatic carbocycles. The fraction of sp³-hybridized carbons (Fsp3) is 0.333.